The van der Waals surface area contributed by atoms with Gasteiger partial charge in [-0.15, -0.1) is 0 Å². The van der Waals surface area contributed by atoms with Crippen molar-refractivity contribution in [1.29, 1.82) is 0 Å². The largest absolute Gasteiger partial charge is 0.459 e. The Morgan fingerprint density at radius 1 is 0.688 bits per heavy atom. The molecule has 1 heterocycles. The van der Waals surface area contributed by atoms with Gasteiger partial charge in [0.05, 0.1) is 52.5 Å². The minimum atomic E-state index is -0.649. The zero-order valence-corrected chi connectivity index (χ0v) is 29.9. The van der Waals surface area contributed by atoms with Crippen LogP contribution in [0.15, 0.2) is 12.2 Å². The highest BCUT2D eigenvalue weighted by Gasteiger charge is 2.24. The Labute approximate surface area is 285 Å². The molecule has 15 nitrogen and oxygen atoms in total. The van der Waals surface area contributed by atoms with Crippen molar-refractivity contribution >= 4 is 36.6 Å². The van der Waals surface area contributed by atoms with E-state index in [2.05, 4.69) is 0 Å². The first-order chi connectivity index (χ1) is 22.6. The first-order valence-electron chi connectivity index (χ1n) is 16.5. The maximum atomic E-state index is 13.4. The molecular weight excluding hydrogens is 626 g/mol. The van der Waals surface area contributed by atoms with E-state index in [1.54, 1.807) is 64.3 Å². The van der Waals surface area contributed by atoms with E-state index in [1.165, 1.54) is 6.08 Å². The number of amides is 4. The van der Waals surface area contributed by atoms with Crippen molar-refractivity contribution in [3.63, 3.8) is 0 Å². The van der Waals surface area contributed by atoms with Crippen LogP contribution in [-0.4, -0.2) is 171 Å². The minimum Gasteiger partial charge on any atom is -0.459 e. The van der Waals surface area contributed by atoms with Crippen molar-refractivity contribution < 1.29 is 47.7 Å². The number of hydrogen-bond acceptors (Lipinski definition) is 12. The summed E-state index contributed by atoms with van der Waals surface area (Å²) in [6.07, 6.45) is 4.17. The van der Waals surface area contributed by atoms with Gasteiger partial charge in [-0.1, -0.05) is 6.08 Å². The van der Waals surface area contributed by atoms with Gasteiger partial charge in [-0.25, -0.2) is 0 Å². The standard InChI is InChI=1S/C33H57N5O10/c1-8-9-28(41)38(27-40)19-21-46-23-22-45-20-10-29(42)37-17-15-34(24-30(43)47-32(2,3)4)11-13-36(26-39)14-12-35(16-18-37)25-31(44)48-33(5,6)7/h8-9,26-27H,10-25H2,1-7H3/b9-8-. The predicted octanol–water partition coefficient (Wildman–Crippen LogP) is 0.559. The van der Waals surface area contributed by atoms with Crippen molar-refractivity contribution in [2.24, 2.45) is 0 Å². The fourth-order valence-electron chi connectivity index (χ4n) is 4.55. The number of carbonyl (C=O) groups is 6. The van der Waals surface area contributed by atoms with E-state index in [4.69, 9.17) is 18.9 Å². The van der Waals surface area contributed by atoms with E-state index >= 15 is 0 Å². The molecule has 0 saturated carbocycles. The Balaban J connectivity index is 2.84. The van der Waals surface area contributed by atoms with Crippen LogP contribution < -0.4 is 0 Å². The van der Waals surface area contributed by atoms with E-state index in [1.807, 2.05) is 9.80 Å². The van der Waals surface area contributed by atoms with Crippen LogP contribution in [0.2, 0.25) is 0 Å². The number of allylic oxidation sites excluding steroid dienone is 1. The van der Waals surface area contributed by atoms with Crippen molar-refractivity contribution in [1.82, 2.24) is 24.5 Å². The molecule has 0 unspecified atom stereocenters. The fourth-order valence-corrected chi connectivity index (χ4v) is 4.55. The first-order valence-corrected chi connectivity index (χ1v) is 16.5. The predicted molar refractivity (Wildman–Crippen MR) is 178 cm³/mol. The molecule has 1 aliphatic rings. The number of hydrogen-bond donors (Lipinski definition) is 0. The second-order valence-electron chi connectivity index (χ2n) is 13.4. The summed E-state index contributed by atoms with van der Waals surface area (Å²) < 4.78 is 22.1. The summed E-state index contributed by atoms with van der Waals surface area (Å²) in [5.74, 6) is -1.36. The lowest BCUT2D eigenvalue weighted by Crippen LogP contribution is -2.49. The summed E-state index contributed by atoms with van der Waals surface area (Å²) in [5, 5.41) is 0. The molecule has 15 heteroatoms. The van der Waals surface area contributed by atoms with E-state index in [9.17, 15) is 28.8 Å². The lowest BCUT2D eigenvalue weighted by atomic mass is 10.2. The van der Waals surface area contributed by atoms with Gasteiger partial charge < -0.3 is 28.7 Å². The van der Waals surface area contributed by atoms with Crippen molar-refractivity contribution in [2.45, 2.75) is 66.1 Å². The van der Waals surface area contributed by atoms with Crippen LogP contribution in [0.1, 0.15) is 54.9 Å². The van der Waals surface area contributed by atoms with Crippen LogP contribution in [-0.2, 0) is 47.7 Å². The molecule has 0 spiro atoms. The van der Waals surface area contributed by atoms with Crippen LogP contribution in [0.3, 0.4) is 0 Å². The summed E-state index contributed by atoms with van der Waals surface area (Å²) in [4.78, 5) is 81.4. The van der Waals surface area contributed by atoms with Gasteiger partial charge in [0.15, 0.2) is 0 Å². The molecule has 1 fully saturated rings. The van der Waals surface area contributed by atoms with Crippen LogP contribution in [0.25, 0.3) is 0 Å². The second kappa shape index (κ2) is 22.3. The van der Waals surface area contributed by atoms with Gasteiger partial charge in [-0.3, -0.25) is 43.5 Å². The van der Waals surface area contributed by atoms with E-state index in [-0.39, 0.29) is 58.4 Å². The highest BCUT2D eigenvalue weighted by atomic mass is 16.6. The molecule has 0 aromatic carbocycles. The normalized spacial score (nSPS) is 16.1. The van der Waals surface area contributed by atoms with Gasteiger partial charge in [-0.2, -0.15) is 0 Å². The molecule has 0 N–H and O–H groups in total. The molecule has 0 bridgehead atoms. The Kier molecular flexibility index (Phi) is 19.8. The second-order valence-corrected chi connectivity index (χ2v) is 13.4. The smallest absolute Gasteiger partial charge is 0.320 e. The Hall–Kier alpha value is -3.40. The van der Waals surface area contributed by atoms with E-state index < -0.39 is 29.0 Å². The molecule has 0 aromatic heterocycles. The molecule has 48 heavy (non-hydrogen) atoms. The number of ether oxygens (including phenoxy) is 4. The number of rotatable bonds is 16. The third-order valence-electron chi connectivity index (χ3n) is 6.85. The molecule has 0 aromatic rings. The molecule has 0 radical (unpaired) electrons. The number of imide groups is 1. The molecule has 0 aliphatic carbocycles. The fraction of sp³-hybridized carbons (Fsp3) is 0.758. The zero-order chi connectivity index (χ0) is 36.2. The van der Waals surface area contributed by atoms with Gasteiger partial charge in [0.1, 0.15) is 11.2 Å². The van der Waals surface area contributed by atoms with Crippen LogP contribution >= 0.6 is 0 Å². The molecule has 1 aliphatic heterocycles. The van der Waals surface area contributed by atoms with E-state index in [0.717, 1.165) is 11.3 Å². The Morgan fingerprint density at radius 3 is 1.60 bits per heavy atom. The Bertz CT molecular complexity index is 1010. The summed E-state index contributed by atoms with van der Waals surface area (Å²) in [7, 11) is 0. The summed E-state index contributed by atoms with van der Waals surface area (Å²) in [6.45, 7) is 16.2. The lowest BCUT2D eigenvalue weighted by molar-refractivity contribution is -0.157. The molecule has 274 valence electrons. The summed E-state index contributed by atoms with van der Waals surface area (Å²) in [6, 6.07) is 0. The van der Waals surface area contributed by atoms with Gasteiger partial charge in [0.25, 0.3) is 5.91 Å². The van der Waals surface area contributed by atoms with E-state index in [0.29, 0.717) is 58.8 Å². The van der Waals surface area contributed by atoms with Gasteiger partial charge >= 0.3 is 11.9 Å². The number of esters is 2. The maximum absolute atomic E-state index is 13.4. The summed E-state index contributed by atoms with van der Waals surface area (Å²) >= 11 is 0. The highest BCUT2D eigenvalue weighted by molar-refractivity contribution is 5.94. The highest BCUT2D eigenvalue weighted by Crippen LogP contribution is 2.10. The number of nitrogens with zero attached hydrogens (tertiary/aromatic N) is 5. The van der Waals surface area contributed by atoms with Crippen LogP contribution in [0.5, 0.6) is 0 Å². The van der Waals surface area contributed by atoms with Gasteiger partial charge in [0, 0.05) is 52.4 Å². The molecule has 4 amide bonds. The SMILES string of the molecule is C/C=C\C(=O)N(C=O)CCOCCOCCC(=O)N1CCN(CC(=O)OC(C)(C)C)CCN(C=O)CCN(CC(=O)OC(C)(C)C)CC1. The first kappa shape index (κ1) is 42.6. The third-order valence-corrected chi connectivity index (χ3v) is 6.85. The average Bonchev–Trinajstić information content (AvgIpc) is 2.97. The van der Waals surface area contributed by atoms with Crippen molar-refractivity contribution in [3.05, 3.63) is 12.2 Å². The van der Waals surface area contributed by atoms with Crippen LogP contribution in [0.4, 0.5) is 0 Å². The average molecular weight is 684 g/mol. The topological polar surface area (TPSA) is 156 Å². The molecule has 1 rings (SSSR count). The van der Waals surface area contributed by atoms with Gasteiger partial charge in [-0.05, 0) is 54.5 Å². The maximum Gasteiger partial charge on any atom is 0.320 e. The molecule has 1 saturated heterocycles. The van der Waals surface area contributed by atoms with Crippen molar-refractivity contribution in [2.75, 3.05) is 98.4 Å². The zero-order valence-electron chi connectivity index (χ0n) is 29.9. The number of carbonyl (C=O) groups excluding carboxylic acids is 6. The van der Waals surface area contributed by atoms with Crippen LogP contribution in [0, 0.1) is 0 Å². The minimum absolute atomic E-state index is 0.00789. The lowest BCUT2D eigenvalue weighted by Gasteiger charge is -2.33. The monoisotopic (exact) mass is 683 g/mol. The van der Waals surface area contributed by atoms with Crippen molar-refractivity contribution in [3.8, 4) is 0 Å². The van der Waals surface area contributed by atoms with Gasteiger partial charge in [0.2, 0.25) is 18.7 Å². The molecular formula is C33H57N5O10. The summed E-state index contributed by atoms with van der Waals surface area (Å²) in [5.41, 5.74) is -1.30. The third kappa shape index (κ3) is 20.1. The molecule has 0 atom stereocenters. The quantitative estimate of drug-likeness (QED) is 0.0966. The Morgan fingerprint density at radius 2 is 1.17 bits per heavy atom.